The van der Waals surface area contributed by atoms with E-state index in [0.29, 0.717) is 11.5 Å². The van der Waals surface area contributed by atoms with Gasteiger partial charge >= 0.3 is 0 Å². The summed E-state index contributed by atoms with van der Waals surface area (Å²) in [6, 6.07) is 7.62. The van der Waals surface area contributed by atoms with E-state index >= 15 is 0 Å². The van der Waals surface area contributed by atoms with Crippen molar-refractivity contribution in [3.63, 3.8) is 0 Å². The largest absolute Gasteiger partial charge is 0.398 e. The van der Waals surface area contributed by atoms with E-state index < -0.39 is 0 Å². The zero-order chi connectivity index (χ0) is 8.55. The van der Waals surface area contributed by atoms with E-state index in [9.17, 15) is 0 Å². The predicted octanol–water partition coefficient (Wildman–Crippen LogP) is 2.44. The third kappa shape index (κ3) is 1.93. The molecule has 0 aromatic heterocycles. The summed E-state index contributed by atoms with van der Waals surface area (Å²) in [5, 5.41) is 8.66. The average Bonchev–Trinajstić information content (AvgIpc) is 2.88. The fraction of sp³-hybridized carbons (Fsp3) is 0.300. The molecule has 1 fully saturated rings. The highest BCUT2D eigenvalue weighted by Gasteiger charge is 2.25. The Morgan fingerprint density at radius 3 is 2.62 bits per heavy atom. The van der Waals surface area contributed by atoms with Crippen LogP contribution in [0, 0.1) is 11.3 Å². The minimum Gasteiger partial charge on any atom is -0.398 e. The lowest BCUT2D eigenvalue weighted by Gasteiger charge is -2.02. The van der Waals surface area contributed by atoms with Gasteiger partial charge in [0.1, 0.15) is 0 Å². The van der Waals surface area contributed by atoms with Crippen LogP contribution in [-0.2, 0) is 0 Å². The van der Waals surface area contributed by atoms with Crippen molar-refractivity contribution in [3.05, 3.63) is 29.3 Å². The summed E-state index contributed by atoms with van der Waals surface area (Å²) in [7, 11) is 0. The predicted molar refractivity (Wildman–Crippen MR) is 54.8 cm³/mol. The number of hydrogen-bond acceptors (Lipinski definition) is 2. The fourth-order valence-corrected chi connectivity index (χ4v) is 1.39. The summed E-state index contributed by atoms with van der Waals surface area (Å²) in [6.45, 7) is 0. The van der Waals surface area contributed by atoms with Gasteiger partial charge in [-0.15, -0.1) is 12.4 Å². The first-order valence-electron chi connectivity index (χ1n) is 4.11. The number of nitriles is 1. The van der Waals surface area contributed by atoms with E-state index in [1.807, 2.05) is 12.1 Å². The Kier molecular flexibility index (Phi) is 2.79. The Morgan fingerprint density at radius 2 is 2.08 bits per heavy atom. The van der Waals surface area contributed by atoms with Gasteiger partial charge in [0.25, 0.3) is 0 Å². The molecule has 0 heterocycles. The quantitative estimate of drug-likeness (QED) is 0.699. The summed E-state index contributed by atoms with van der Waals surface area (Å²) in [5.74, 6) is 0.623. The van der Waals surface area contributed by atoms with Crippen molar-refractivity contribution in [1.82, 2.24) is 0 Å². The van der Waals surface area contributed by atoms with E-state index in [-0.39, 0.29) is 12.4 Å². The van der Waals surface area contributed by atoms with Gasteiger partial charge in [-0.2, -0.15) is 5.26 Å². The Labute approximate surface area is 83.8 Å². The molecule has 0 amide bonds. The molecular weight excluding hydrogens is 184 g/mol. The van der Waals surface area contributed by atoms with Crippen LogP contribution < -0.4 is 5.73 Å². The van der Waals surface area contributed by atoms with E-state index in [1.54, 1.807) is 6.07 Å². The van der Waals surface area contributed by atoms with Gasteiger partial charge in [-0.25, -0.2) is 0 Å². The lowest BCUT2D eigenvalue weighted by Crippen LogP contribution is -1.92. The molecule has 0 unspecified atom stereocenters. The number of anilines is 1. The Balaban J connectivity index is 0.000000845. The highest BCUT2D eigenvalue weighted by Crippen LogP contribution is 2.42. The molecule has 2 N–H and O–H groups in total. The SMILES string of the molecule is Cl.N#Cc1ccc(N)c(C2CC2)c1. The van der Waals surface area contributed by atoms with Crippen LogP contribution in [0.3, 0.4) is 0 Å². The zero-order valence-corrected chi connectivity index (χ0v) is 7.97. The van der Waals surface area contributed by atoms with Crippen molar-refractivity contribution >= 4 is 18.1 Å². The van der Waals surface area contributed by atoms with Gasteiger partial charge < -0.3 is 5.73 Å². The molecule has 1 saturated carbocycles. The molecule has 0 aliphatic heterocycles. The number of rotatable bonds is 1. The highest BCUT2D eigenvalue weighted by molar-refractivity contribution is 5.85. The Hall–Kier alpha value is -1.20. The molecule has 13 heavy (non-hydrogen) atoms. The minimum atomic E-state index is 0. The van der Waals surface area contributed by atoms with E-state index in [1.165, 1.54) is 12.8 Å². The molecular formula is C10H11ClN2. The van der Waals surface area contributed by atoms with Crippen LogP contribution in [0.25, 0.3) is 0 Å². The third-order valence-electron chi connectivity index (χ3n) is 2.23. The van der Waals surface area contributed by atoms with Crippen molar-refractivity contribution in [3.8, 4) is 6.07 Å². The molecule has 0 spiro atoms. The second-order valence-electron chi connectivity index (χ2n) is 3.23. The number of nitrogens with two attached hydrogens (primary N) is 1. The molecule has 1 aromatic carbocycles. The maximum absolute atomic E-state index is 8.66. The van der Waals surface area contributed by atoms with Crippen LogP contribution in [0.1, 0.15) is 29.9 Å². The van der Waals surface area contributed by atoms with Gasteiger partial charge in [-0.3, -0.25) is 0 Å². The first-order chi connectivity index (χ1) is 5.81. The van der Waals surface area contributed by atoms with Crippen molar-refractivity contribution in [2.75, 3.05) is 5.73 Å². The normalized spacial score (nSPS) is 14.4. The van der Waals surface area contributed by atoms with E-state index in [4.69, 9.17) is 11.0 Å². The van der Waals surface area contributed by atoms with Crippen molar-refractivity contribution in [1.29, 1.82) is 5.26 Å². The maximum Gasteiger partial charge on any atom is 0.0991 e. The molecule has 1 aliphatic carbocycles. The van der Waals surface area contributed by atoms with Gasteiger partial charge in [-0.1, -0.05) is 0 Å². The van der Waals surface area contributed by atoms with Crippen LogP contribution in [0.15, 0.2) is 18.2 Å². The standard InChI is InChI=1S/C10H10N2.ClH/c11-6-7-1-4-10(12)9(5-7)8-2-3-8;/h1,4-5,8H,2-3,12H2;1H. The second kappa shape index (κ2) is 3.68. The Bertz CT molecular complexity index is 350. The monoisotopic (exact) mass is 194 g/mol. The summed E-state index contributed by atoms with van der Waals surface area (Å²) >= 11 is 0. The summed E-state index contributed by atoms with van der Waals surface area (Å²) in [5.41, 5.74) is 8.48. The van der Waals surface area contributed by atoms with Gasteiger partial charge in [0.15, 0.2) is 0 Å². The molecule has 0 radical (unpaired) electrons. The molecule has 0 saturated heterocycles. The van der Waals surface area contributed by atoms with Crippen LogP contribution in [-0.4, -0.2) is 0 Å². The number of hydrogen-bond donors (Lipinski definition) is 1. The molecule has 68 valence electrons. The molecule has 1 aromatic rings. The second-order valence-corrected chi connectivity index (χ2v) is 3.23. The lowest BCUT2D eigenvalue weighted by atomic mass is 10.1. The van der Waals surface area contributed by atoms with Crippen molar-refractivity contribution < 1.29 is 0 Å². The molecule has 2 nitrogen and oxygen atoms in total. The zero-order valence-electron chi connectivity index (χ0n) is 7.16. The van der Waals surface area contributed by atoms with Gasteiger partial charge in [0, 0.05) is 5.69 Å². The lowest BCUT2D eigenvalue weighted by molar-refractivity contribution is 1.13. The molecule has 1 aliphatic rings. The van der Waals surface area contributed by atoms with Gasteiger partial charge in [-0.05, 0) is 42.5 Å². The summed E-state index contributed by atoms with van der Waals surface area (Å²) in [4.78, 5) is 0. The van der Waals surface area contributed by atoms with Gasteiger partial charge in [0.05, 0.1) is 11.6 Å². The molecule has 0 bridgehead atoms. The third-order valence-corrected chi connectivity index (χ3v) is 2.23. The number of nitrogens with zero attached hydrogens (tertiary/aromatic N) is 1. The van der Waals surface area contributed by atoms with E-state index in [2.05, 4.69) is 6.07 Å². The minimum absolute atomic E-state index is 0. The van der Waals surface area contributed by atoms with Crippen molar-refractivity contribution in [2.45, 2.75) is 18.8 Å². The first kappa shape index (κ1) is 9.88. The average molecular weight is 195 g/mol. The topological polar surface area (TPSA) is 49.8 Å². The first-order valence-corrected chi connectivity index (χ1v) is 4.11. The van der Waals surface area contributed by atoms with E-state index in [0.717, 1.165) is 11.3 Å². The van der Waals surface area contributed by atoms with Crippen LogP contribution in [0.5, 0.6) is 0 Å². The fourth-order valence-electron chi connectivity index (χ4n) is 1.39. The smallest absolute Gasteiger partial charge is 0.0991 e. The van der Waals surface area contributed by atoms with Gasteiger partial charge in [0.2, 0.25) is 0 Å². The van der Waals surface area contributed by atoms with Crippen LogP contribution in [0.4, 0.5) is 5.69 Å². The molecule has 3 heteroatoms. The number of halogens is 1. The molecule has 0 atom stereocenters. The summed E-state index contributed by atoms with van der Waals surface area (Å²) in [6.07, 6.45) is 2.44. The number of nitrogen functional groups attached to an aromatic ring is 1. The van der Waals surface area contributed by atoms with Crippen LogP contribution >= 0.6 is 12.4 Å². The highest BCUT2D eigenvalue weighted by atomic mass is 35.5. The van der Waals surface area contributed by atoms with Crippen molar-refractivity contribution in [2.24, 2.45) is 0 Å². The maximum atomic E-state index is 8.66. The number of benzene rings is 1. The molecule has 2 rings (SSSR count). The van der Waals surface area contributed by atoms with Crippen LogP contribution in [0.2, 0.25) is 0 Å². The Morgan fingerprint density at radius 1 is 1.38 bits per heavy atom. The summed E-state index contributed by atoms with van der Waals surface area (Å²) < 4.78 is 0.